The van der Waals surface area contributed by atoms with E-state index in [9.17, 15) is 4.79 Å². The van der Waals surface area contributed by atoms with E-state index in [2.05, 4.69) is 29.4 Å². The van der Waals surface area contributed by atoms with Crippen molar-refractivity contribution in [3.8, 4) is 0 Å². The molecule has 0 saturated carbocycles. The third-order valence-electron chi connectivity index (χ3n) is 3.16. The summed E-state index contributed by atoms with van der Waals surface area (Å²) in [5.41, 5.74) is 0.909. The van der Waals surface area contributed by atoms with E-state index in [-0.39, 0.29) is 11.9 Å². The largest absolute Gasteiger partial charge is 0.423 e. The lowest BCUT2D eigenvalue weighted by atomic mass is 10.0. The second-order valence-corrected chi connectivity index (χ2v) is 6.15. The van der Waals surface area contributed by atoms with Crippen molar-refractivity contribution in [2.24, 2.45) is 5.92 Å². The SMILES string of the molecule is Cc1nnc(C(CC(C)C)NC(=O)Cc2ccc(Cl)cc2)o1. The molecule has 0 bridgehead atoms. The van der Waals surface area contributed by atoms with Gasteiger partial charge in [0.1, 0.15) is 6.04 Å². The number of hydrogen-bond acceptors (Lipinski definition) is 4. The zero-order valence-electron chi connectivity index (χ0n) is 13.0. The second-order valence-electron chi connectivity index (χ2n) is 5.71. The van der Waals surface area contributed by atoms with Gasteiger partial charge in [0.2, 0.25) is 17.7 Å². The second kappa shape index (κ2) is 7.40. The number of nitrogens with one attached hydrogen (secondary N) is 1. The van der Waals surface area contributed by atoms with Gasteiger partial charge in [-0.05, 0) is 30.0 Å². The molecular weight excluding hydrogens is 302 g/mol. The van der Waals surface area contributed by atoms with Crippen LogP contribution in [-0.2, 0) is 11.2 Å². The number of rotatable bonds is 6. The zero-order valence-corrected chi connectivity index (χ0v) is 13.7. The molecule has 118 valence electrons. The third-order valence-corrected chi connectivity index (χ3v) is 3.41. The summed E-state index contributed by atoms with van der Waals surface area (Å²) in [4.78, 5) is 12.2. The third kappa shape index (κ3) is 4.84. The summed E-state index contributed by atoms with van der Waals surface area (Å²) in [5, 5.41) is 11.5. The minimum Gasteiger partial charge on any atom is -0.423 e. The van der Waals surface area contributed by atoms with Gasteiger partial charge in [0.15, 0.2) is 0 Å². The van der Waals surface area contributed by atoms with Gasteiger partial charge < -0.3 is 9.73 Å². The zero-order chi connectivity index (χ0) is 16.1. The van der Waals surface area contributed by atoms with E-state index in [0.717, 1.165) is 12.0 Å². The van der Waals surface area contributed by atoms with Crippen molar-refractivity contribution >= 4 is 17.5 Å². The molecule has 22 heavy (non-hydrogen) atoms. The Bertz CT molecular complexity index is 623. The molecule has 5 nitrogen and oxygen atoms in total. The van der Waals surface area contributed by atoms with Crippen LogP contribution in [0, 0.1) is 12.8 Å². The van der Waals surface area contributed by atoms with Crippen molar-refractivity contribution in [3.63, 3.8) is 0 Å². The highest BCUT2D eigenvalue weighted by Crippen LogP contribution is 2.20. The minimum absolute atomic E-state index is 0.0798. The number of hydrogen-bond donors (Lipinski definition) is 1. The standard InChI is InChI=1S/C16H20ClN3O2/c1-10(2)8-14(16-20-19-11(3)22-16)18-15(21)9-12-4-6-13(17)7-5-12/h4-7,10,14H,8-9H2,1-3H3,(H,18,21). The Labute approximate surface area is 135 Å². The lowest BCUT2D eigenvalue weighted by Crippen LogP contribution is -2.31. The minimum atomic E-state index is -0.263. The maximum absolute atomic E-state index is 12.2. The maximum Gasteiger partial charge on any atom is 0.238 e. The monoisotopic (exact) mass is 321 g/mol. The number of carbonyl (C=O) groups excluding carboxylic acids is 1. The Balaban J connectivity index is 2.03. The predicted octanol–water partition coefficient (Wildman–Crippen LogP) is 3.48. The molecule has 1 atom stereocenters. The Morgan fingerprint density at radius 1 is 1.27 bits per heavy atom. The Kier molecular flexibility index (Phi) is 5.55. The number of aryl methyl sites for hydroxylation is 1. The van der Waals surface area contributed by atoms with Gasteiger partial charge in [0, 0.05) is 11.9 Å². The average Bonchev–Trinajstić information content (AvgIpc) is 2.87. The number of aromatic nitrogens is 2. The maximum atomic E-state index is 12.2. The van der Waals surface area contributed by atoms with Gasteiger partial charge >= 0.3 is 0 Å². The molecule has 2 aromatic rings. The van der Waals surface area contributed by atoms with Crippen molar-refractivity contribution in [2.75, 3.05) is 0 Å². The molecule has 0 spiro atoms. The van der Waals surface area contributed by atoms with E-state index in [1.54, 1.807) is 19.1 Å². The summed E-state index contributed by atoms with van der Waals surface area (Å²) >= 11 is 5.84. The molecule has 0 aliphatic carbocycles. The summed E-state index contributed by atoms with van der Waals surface area (Å²) in [6, 6.07) is 6.97. The number of nitrogens with zero attached hydrogens (tertiary/aromatic N) is 2. The molecule has 0 radical (unpaired) electrons. The van der Waals surface area contributed by atoms with Gasteiger partial charge in [-0.2, -0.15) is 0 Å². The van der Waals surface area contributed by atoms with Crippen LogP contribution in [0.2, 0.25) is 5.02 Å². The van der Waals surface area contributed by atoms with Crippen molar-refractivity contribution in [2.45, 2.75) is 39.7 Å². The highest BCUT2D eigenvalue weighted by atomic mass is 35.5. The van der Waals surface area contributed by atoms with Crippen LogP contribution >= 0.6 is 11.6 Å². The fourth-order valence-electron chi connectivity index (χ4n) is 2.18. The van der Waals surface area contributed by atoms with Crippen LogP contribution in [0.3, 0.4) is 0 Å². The Hall–Kier alpha value is -1.88. The molecule has 0 aliphatic rings. The summed E-state index contributed by atoms with van der Waals surface area (Å²) in [5.74, 6) is 1.27. The van der Waals surface area contributed by atoms with E-state index >= 15 is 0 Å². The van der Waals surface area contributed by atoms with E-state index < -0.39 is 0 Å². The lowest BCUT2D eigenvalue weighted by Gasteiger charge is -2.17. The first-order valence-electron chi connectivity index (χ1n) is 7.28. The average molecular weight is 322 g/mol. The number of benzene rings is 1. The highest BCUT2D eigenvalue weighted by molar-refractivity contribution is 6.30. The van der Waals surface area contributed by atoms with Crippen molar-refractivity contribution < 1.29 is 9.21 Å². The molecule has 0 aliphatic heterocycles. The van der Waals surface area contributed by atoms with Crippen LogP contribution in [0.1, 0.15) is 43.7 Å². The molecular formula is C16H20ClN3O2. The number of halogens is 1. The Morgan fingerprint density at radius 3 is 2.50 bits per heavy atom. The van der Waals surface area contributed by atoms with Gasteiger partial charge in [0.25, 0.3) is 0 Å². The van der Waals surface area contributed by atoms with Crippen LogP contribution in [0.4, 0.5) is 0 Å². The van der Waals surface area contributed by atoms with E-state index in [1.165, 1.54) is 0 Å². The summed E-state index contributed by atoms with van der Waals surface area (Å²) in [7, 11) is 0. The van der Waals surface area contributed by atoms with E-state index in [0.29, 0.717) is 29.1 Å². The van der Waals surface area contributed by atoms with Crippen LogP contribution in [0.5, 0.6) is 0 Å². The van der Waals surface area contributed by atoms with Crippen molar-refractivity contribution in [1.82, 2.24) is 15.5 Å². The molecule has 1 amide bonds. The predicted molar refractivity (Wildman–Crippen MR) is 84.5 cm³/mol. The fourth-order valence-corrected chi connectivity index (χ4v) is 2.30. The molecule has 6 heteroatoms. The quantitative estimate of drug-likeness (QED) is 0.884. The van der Waals surface area contributed by atoms with Crippen LogP contribution in [0.25, 0.3) is 0 Å². The van der Waals surface area contributed by atoms with Crippen molar-refractivity contribution in [3.05, 3.63) is 46.6 Å². The first kappa shape index (κ1) is 16.5. The van der Waals surface area contributed by atoms with Crippen LogP contribution in [-0.4, -0.2) is 16.1 Å². The first-order valence-corrected chi connectivity index (χ1v) is 7.65. The molecule has 1 unspecified atom stereocenters. The van der Waals surface area contributed by atoms with Gasteiger partial charge in [-0.3, -0.25) is 4.79 Å². The lowest BCUT2D eigenvalue weighted by molar-refractivity contribution is -0.121. The molecule has 2 rings (SSSR count). The summed E-state index contributed by atoms with van der Waals surface area (Å²) < 4.78 is 5.46. The summed E-state index contributed by atoms with van der Waals surface area (Å²) in [6.45, 7) is 5.90. The molecule has 1 heterocycles. The normalized spacial score (nSPS) is 12.4. The fraction of sp³-hybridized carbons (Fsp3) is 0.438. The van der Waals surface area contributed by atoms with Crippen LogP contribution < -0.4 is 5.32 Å². The number of carbonyl (C=O) groups is 1. The number of amides is 1. The van der Waals surface area contributed by atoms with Crippen LogP contribution in [0.15, 0.2) is 28.7 Å². The highest BCUT2D eigenvalue weighted by Gasteiger charge is 2.21. The van der Waals surface area contributed by atoms with Gasteiger partial charge in [0.05, 0.1) is 6.42 Å². The molecule has 0 fully saturated rings. The molecule has 1 N–H and O–H groups in total. The van der Waals surface area contributed by atoms with E-state index in [4.69, 9.17) is 16.0 Å². The van der Waals surface area contributed by atoms with Crippen molar-refractivity contribution in [1.29, 1.82) is 0 Å². The topological polar surface area (TPSA) is 68.0 Å². The molecule has 1 aromatic carbocycles. The van der Waals surface area contributed by atoms with Gasteiger partial charge in [-0.15, -0.1) is 10.2 Å². The van der Waals surface area contributed by atoms with Gasteiger partial charge in [-0.25, -0.2) is 0 Å². The Morgan fingerprint density at radius 2 is 1.95 bits per heavy atom. The van der Waals surface area contributed by atoms with Gasteiger partial charge in [-0.1, -0.05) is 37.6 Å². The molecule has 1 aromatic heterocycles. The summed E-state index contributed by atoms with van der Waals surface area (Å²) in [6.07, 6.45) is 1.03. The first-order chi connectivity index (χ1) is 10.4. The smallest absolute Gasteiger partial charge is 0.238 e. The van der Waals surface area contributed by atoms with E-state index in [1.807, 2.05) is 12.1 Å². The molecule has 0 saturated heterocycles.